The molecule has 65 heavy (non-hydrogen) atoms. The van der Waals surface area contributed by atoms with E-state index in [4.69, 9.17) is 35.5 Å². The van der Waals surface area contributed by atoms with E-state index in [1.165, 1.54) is 24.3 Å². The Labute approximate surface area is 384 Å². The van der Waals surface area contributed by atoms with Crippen LogP contribution in [0.1, 0.15) is 36.5 Å². The molecule has 3 aromatic carbocycles. The minimum atomic E-state index is -2.47. The molecule has 2 aliphatic heterocycles. The maximum absolute atomic E-state index is 14.7. The highest BCUT2D eigenvalue weighted by Gasteiger charge is 2.35. The van der Waals surface area contributed by atoms with Crippen molar-refractivity contribution >= 4 is 80.4 Å². The van der Waals surface area contributed by atoms with Gasteiger partial charge in [-0.3, -0.25) is 14.3 Å². The zero-order valence-electron chi connectivity index (χ0n) is 35.0. The fraction of sp³-hybridized carbons (Fsp3) is 0.390. The lowest BCUT2D eigenvalue weighted by atomic mass is 10.0. The number of ether oxygens (including phenoxy) is 5. The third-order valence-corrected chi connectivity index (χ3v) is 18.6. The van der Waals surface area contributed by atoms with Crippen LogP contribution in [0.25, 0.3) is 17.2 Å². The Kier molecular flexibility index (Phi) is 17.5. The summed E-state index contributed by atoms with van der Waals surface area (Å²) in [6.45, 7) is 4.64. The minimum Gasteiger partial charge on any atom is -0.612 e. The normalized spacial score (nSPS) is 18.4. The molecule has 6 rings (SSSR count). The van der Waals surface area contributed by atoms with Crippen molar-refractivity contribution in [3.05, 3.63) is 115 Å². The standard InChI is InChI=1S/C41H44FN4O15PS3/c1-27-35(21-28-3-10-33(11-4-28)65(2)54)34-12-5-29(42)22-37(34)36(27)24-40(48)60-38(26-57-39(47)23-31(61-46(52)53)25-58-45(50)51)41(49)59-30-6-8-32(9-7-30)62(63,43-13-17-55-18-14-43)64-44-15-19-56-20-16-44/h3-12,21-22,31,38H,13-20,23-26H2,1-2H3/b35-21-. The predicted molar refractivity (Wildman–Crippen MR) is 239 cm³/mol. The first-order valence-electron chi connectivity index (χ1n) is 20.0. The Balaban J connectivity index is 1.22. The molecule has 19 nitrogen and oxygen atoms in total. The molecule has 0 bridgehead atoms. The summed E-state index contributed by atoms with van der Waals surface area (Å²) in [6.07, 6.45) is -1.66. The molecule has 0 spiro atoms. The van der Waals surface area contributed by atoms with Crippen LogP contribution in [0.5, 0.6) is 5.75 Å². The summed E-state index contributed by atoms with van der Waals surface area (Å²) in [5.74, 6) is -3.90. The van der Waals surface area contributed by atoms with Crippen LogP contribution in [0.4, 0.5) is 4.39 Å². The number of allylic oxidation sites excluding steroid dienone is 2. The van der Waals surface area contributed by atoms with Crippen LogP contribution in [0.3, 0.4) is 0 Å². The Morgan fingerprint density at radius 3 is 2.22 bits per heavy atom. The van der Waals surface area contributed by atoms with E-state index in [1.54, 1.807) is 67.2 Å². The van der Waals surface area contributed by atoms with Gasteiger partial charge in [0.1, 0.15) is 42.5 Å². The maximum Gasteiger partial charge on any atom is 0.356 e. The maximum atomic E-state index is 14.7. The van der Waals surface area contributed by atoms with E-state index in [0.717, 1.165) is 10.9 Å². The molecule has 4 unspecified atom stereocenters. The largest absolute Gasteiger partial charge is 0.612 e. The van der Waals surface area contributed by atoms with Crippen molar-refractivity contribution in [2.75, 3.05) is 72.1 Å². The van der Waals surface area contributed by atoms with Gasteiger partial charge in [0, 0.05) is 31.5 Å². The first kappa shape index (κ1) is 49.5. The lowest BCUT2D eigenvalue weighted by molar-refractivity contribution is -0.789. The van der Waals surface area contributed by atoms with Crippen molar-refractivity contribution in [2.45, 2.75) is 36.9 Å². The van der Waals surface area contributed by atoms with Gasteiger partial charge in [0.25, 0.3) is 10.2 Å². The number of esters is 3. The monoisotopic (exact) mass is 978 g/mol. The van der Waals surface area contributed by atoms with E-state index in [9.17, 15) is 43.6 Å². The molecule has 1 aliphatic carbocycles. The average Bonchev–Trinajstić information content (AvgIpc) is 3.52. The number of benzene rings is 3. The quantitative estimate of drug-likeness (QED) is 0.0282. The third kappa shape index (κ3) is 13.6. The second kappa shape index (κ2) is 23.0. The molecular formula is C41H44FN4O15PS3. The zero-order valence-corrected chi connectivity index (χ0v) is 38.4. The number of rotatable bonds is 20. The molecule has 2 fully saturated rings. The second-order valence-electron chi connectivity index (χ2n) is 14.5. The van der Waals surface area contributed by atoms with Crippen molar-refractivity contribution in [1.82, 2.24) is 8.98 Å². The average molecular weight is 979 g/mol. The van der Waals surface area contributed by atoms with Crippen molar-refractivity contribution in [3.63, 3.8) is 0 Å². The van der Waals surface area contributed by atoms with E-state index in [1.807, 2.05) is 6.08 Å². The Bertz CT molecular complexity index is 2340. The molecule has 0 aromatic heterocycles. The van der Waals surface area contributed by atoms with Crippen LogP contribution < -0.4 is 10.0 Å². The third-order valence-electron chi connectivity index (χ3n) is 10.2. The SMILES string of the molecule is CC1=C(CC(=O)OC(COC(=O)CC(CO[N+](=O)[O-])O[N+](=O)[O-])C(=O)Oc2ccc(P(=S)(SN3CCOCC3)N3CCOCC3)cc2)c2cc(F)ccc2/C1=C\c1ccc([S+](C)[O-])cc1. The molecule has 3 aromatic rings. The van der Waals surface area contributed by atoms with Crippen molar-refractivity contribution in [2.24, 2.45) is 0 Å². The molecule has 2 heterocycles. The van der Waals surface area contributed by atoms with Gasteiger partial charge >= 0.3 is 17.9 Å². The van der Waals surface area contributed by atoms with Gasteiger partial charge in [-0.15, -0.1) is 20.2 Å². The number of carbonyl (C=O) groups is 3. The van der Waals surface area contributed by atoms with Crippen molar-refractivity contribution < 1.29 is 66.9 Å². The molecule has 3 aliphatic rings. The molecule has 0 amide bonds. The summed E-state index contributed by atoms with van der Waals surface area (Å²) in [4.78, 5) is 71.2. The number of carbonyl (C=O) groups excluding carboxylic acids is 3. The number of nitrogens with zero attached hydrogens (tertiary/aromatic N) is 4. The van der Waals surface area contributed by atoms with Gasteiger partial charge in [0.2, 0.25) is 6.10 Å². The predicted octanol–water partition coefficient (Wildman–Crippen LogP) is 4.76. The zero-order chi connectivity index (χ0) is 46.7. The number of fused-ring (bicyclic) bond motifs is 1. The fourth-order valence-corrected chi connectivity index (χ4v) is 14.4. The van der Waals surface area contributed by atoms with Crippen molar-refractivity contribution in [3.8, 4) is 5.75 Å². The smallest absolute Gasteiger partial charge is 0.356 e. The summed E-state index contributed by atoms with van der Waals surface area (Å²) in [5.41, 5.74) is 3.45. The van der Waals surface area contributed by atoms with Gasteiger partial charge in [-0.2, -0.15) is 0 Å². The number of hydrogen-bond donors (Lipinski definition) is 0. The second-order valence-corrected chi connectivity index (χ2v) is 23.0. The summed E-state index contributed by atoms with van der Waals surface area (Å²) < 4.78 is 58.6. The van der Waals surface area contributed by atoms with Gasteiger partial charge in [-0.1, -0.05) is 17.9 Å². The summed E-state index contributed by atoms with van der Waals surface area (Å²) in [7, 11) is 0. The van der Waals surface area contributed by atoms with E-state index in [-0.39, 0.29) is 5.75 Å². The Hall–Kier alpha value is -4.97. The molecule has 0 radical (unpaired) electrons. The molecular weight excluding hydrogens is 935 g/mol. The molecule has 4 atom stereocenters. The van der Waals surface area contributed by atoms with Gasteiger partial charge < -0.3 is 37.9 Å². The van der Waals surface area contributed by atoms with Crippen LogP contribution in [0, 0.1) is 26.0 Å². The number of hydrogen-bond acceptors (Lipinski definition) is 18. The van der Waals surface area contributed by atoms with E-state index in [0.29, 0.717) is 85.3 Å². The van der Waals surface area contributed by atoms with Crippen LogP contribution >= 0.6 is 17.0 Å². The first-order chi connectivity index (χ1) is 31.1. The summed E-state index contributed by atoms with van der Waals surface area (Å²) >= 11 is 6.81. The van der Waals surface area contributed by atoms with Crippen LogP contribution in [-0.2, 0) is 66.0 Å². The summed E-state index contributed by atoms with van der Waals surface area (Å²) in [6, 6.07) is 17.7. The molecule has 24 heteroatoms. The van der Waals surface area contributed by atoms with Crippen molar-refractivity contribution in [1.29, 1.82) is 0 Å². The number of morpholine rings is 2. The summed E-state index contributed by atoms with van der Waals surface area (Å²) in [5, 5.41) is 17.5. The van der Waals surface area contributed by atoms with Gasteiger partial charge in [-0.05, 0) is 130 Å². The molecule has 0 N–H and O–H groups in total. The highest BCUT2D eigenvalue weighted by atomic mass is 32.9. The lowest BCUT2D eigenvalue weighted by Gasteiger charge is -2.40. The van der Waals surface area contributed by atoms with E-state index >= 15 is 0 Å². The topological polar surface area (TPSA) is 232 Å². The van der Waals surface area contributed by atoms with Gasteiger partial charge in [0.05, 0.1) is 39.3 Å². The fourth-order valence-electron chi connectivity index (χ4n) is 6.95. The van der Waals surface area contributed by atoms with Crippen LogP contribution in [-0.4, -0.2) is 126 Å². The molecule has 348 valence electrons. The highest BCUT2D eigenvalue weighted by molar-refractivity contribution is 8.71. The van der Waals surface area contributed by atoms with E-state index in [2.05, 4.69) is 18.7 Å². The van der Waals surface area contributed by atoms with Crippen LogP contribution in [0.15, 0.2) is 77.2 Å². The minimum absolute atomic E-state index is 0.0362. The molecule has 2 saturated heterocycles. The Morgan fingerprint density at radius 2 is 1.58 bits per heavy atom. The highest BCUT2D eigenvalue weighted by Crippen LogP contribution is 2.62. The van der Waals surface area contributed by atoms with Gasteiger partial charge in [0.15, 0.2) is 4.90 Å². The first-order valence-corrected chi connectivity index (χ1v) is 25.7. The lowest BCUT2D eigenvalue weighted by Crippen LogP contribution is -2.38. The van der Waals surface area contributed by atoms with Crippen LogP contribution in [0.2, 0.25) is 0 Å². The Morgan fingerprint density at radius 1 is 0.923 bits per heavy atom. The number of halogens is 1. The molecule has 0 saturated carbocycles. The van der Waals surface area contributed by atoms with E-state index < -0.39 is 88.7 Å². The van der Waals surface area contributed by atoms with Gasteiger partial charge in [-0.25, -0.2) is 13.5 Å².